The van der Waals surface area contributed by atoms with E-state index >= 15 is 0 Å². The van der Waals surface area contributed by atoms with Crippen LogP contribution < -0.4 is 0 Å². The minimum absolute atomic E-state index is 0.0963. The van der Waals surface area contributed by atoms with Gasteiger partial charge in [0.1, 0.15) is 5.69 Å². The lowest BCUT2D eigenvalue weighted by Gasteiger charge is -2.04. The van der Waals surface area contributed by atoms with Crippen LogP contribution in [0.15, 0.2) is 42.6 Å². The van der Waals surface area contributed by atoms with Gasteiger partial charge in [-0.15, -0.1) is 0 Å². The van der Waals surface area contributed by atoms with Crippen LogP contribution >= 0.6 is 0 Å². The van der Waals surface area contributed by atoms with Gasteiger partial charge >= 0.3 is 5.97 Å². The first-order valence-corrected chi connectivity index (χ1v) is 7.45. The van der Waals surface area contributed by atoms with E-state index in [4.69, 9.17) is 5.11 Å². The van der Waals surface area contributed by atoms with Gasteiger partial charge in [0.05, 0.1) is 0 Å². The van der Waals surface area contributed by atoms with Crippen molar-refractivity contribution < 1.29 is 9.90 Å². The minimum Gasteiger partial charge on any atom is -0.477 e. The first-order chi connectivity index (χ1) is 10.2. The number of carboxylic acids is 1. The number of aromatic carboxylic acids is 1. The van der Waals surface area contributed by atoms with Crippen LogP contribution in [0.25, 0.3) is 0 Å². The maximum absolute atomic E-state index is 10.7. The Morgan fingerprint density at radius 2 is 1.52 bits per heavy atom. The molecule has 3 heteroatoms. The van der Waals surface area contributed by atoms with Crippen molar-refractivity contribution in [3.63, 3.8) is 0 Å². The van der Waals surface area contributed by atoms with E-state index in [9.17, 15) is 4.79 Å². The molecule has 2 aromatic rings. The number of unbranched alkanes of at least 4 members (excludes halogenated alkanes) is 1. The number of carboxylic acid groups (broad SMARTS) is 1. The average molecular weight is 283 g/mol. The summed E-state index contributed by atoms with van der Waals surface area (Å²) in [7, 11) is 0. The first kappa shape index (κ1) is 15.2. The standard InChI is InChI=1S/C18H21NO2/c1-2-3-4-14-5-7-15(8-6-14)9-10-16-11-12-17(18(20)21)19-13-16/h5-8,11-13H,2-4,9-10H2,1H3,(H,20,21). The highest BCUT2D eigenvalue weighted by Gasteiger charge is 2.03. The van der Waals surface area contributed by atoms with Crippen molar-refractivity contribution in [2.75, 3.05) is 0 Å². The molecule has 0 saturated heterocycles. The van der Waals surface area contributed by atoms with Crippen molar-refractivity contribution in [3.05, 3.63) is 65.0 Å². The molecule has 110 valence electrons. The van der Waals surface area contributed by atoms with E-state index in [0.717, 1.165) is 24.8 Å². The molecular formula is C18H21NO2. The Bertz CT molecular complexity index is 573. The molecule has 0 atom stereocenters. The zero-order chi connectivity index (χ0) is 15.1. The van der Waals surface area contributed by atoms with Gasteiger partial charge in [-0.1, -0.05) is 43.7 Å². The number of hydrogen-bond acceptors (Lipinski definition) is 2. The molecule has 1 heterocycles. The van der Waals surface area contributed by atoms with Crippen molar-refractivity contribution in [2.24, 2.45) is 0 Å². The van der Waals surface area contributed by atoms with Gasteiger partial charge in [0, 0.05) is 6.20 Å². The smallest absolute Gasteiger partial charge is 0.354 e. The third-order valence-electron chi connectivity index (χ3n) is 3.59. The van der Waals surface area contributed by atoms with Crippen molar-refractivity contribution >= 4 is 5.97 Å². The number of aryl methyl sites for hydroxylation is 3. The number of pyridine rings is 1. The van der Waals surface area contributed by atoms with Crippen LogP contribution in [0.4, 0.5) is 0 Å². The first-order valence-electron chi connectivity index (χ1n) is 7.45. The maximum Gasteiger partial charge on any atom is 0.354 e. The summed E-state index contributed by atoms with van der Waals surface area (Å²) in [6.07, 6.45) is 7.09. The van der Waals surface area contributed by atoms with Crippen molar-refractivity contribution in [2.45, 2.75) is 39.0 Å². The number of aromatic nitrogens is 1. The summed E-state index contributed by atoms with van der Waals surface area (Å²) in [5, 5.41) is 8.81. The molecule has 0 spiro atoms. The highest BCUT2D eigenvalue weighted by Crippen LogP contribution is 2.11. The Balaban J connectivity index is 1.88. The molecule has 0 radical (unpaired) electrons. The van der Waals surface area contributed by atoms with Gasteiger partial charge in [-0.25, -0.2) is 9.78 Å². The largest absolute Gasteiger partial charge is 0.477 e. The number of rotatable bonds is 7. The molecule has 0 fully saturated rings. The predicted molar refractivity (Wildman–Crippen MR) is 83.7 cm³/mol. The monoisotopic (exact) mass is 283 g/mol. The maximum atomic E-state index is 10.7. The molecule has 0 bridgehead atoms. The summed E-state index contributed by atoms with van der Waals surface area (Å²) in [6, 6.07) is 12.2. The fourth-order valence-corrected chi connectivity index (χ4v) is 2.24. The van der Waals surface area contributed by atoms with Crippen molar-refractivity contribution in [1.29, 1.82) is 0 Å². The lowest BCUT2D eigenvalue weighted by Crippen LogP contribution is -2.01. The van der Waals surface area contributed by atoms with Crippen LogP contribution in [0.1, 0.15) is 46.9 Å². The molecule has 2 rings (SSSR count). The van der Waals surface area contributed by atoms with E-state index in [-0.39, 0.29) is 5.69 Å². The summed E-state index contributed by atoms with van der Waals surface area (Å²) in [5.74, 6) is -0.982. The lowest BCUT2D eigenvalue weighted by molar-refractivity contribution is 0.0690. The molecule has 0 aliphatic heterocycles. The Morgan fingerprint density at radius 3 is 2.05 bits per heavy atom. The molecule has 0 amide bonds. The van der Waals surface area contributed by atoms with Crippen LogP contribution in [0.5, 0.6) is 0 Å². The molecule has 21 heavy (non-hydrogen) atoms. The summed E-state index contributed by atoms with van der Waals surface area (Å²) >= 11 is 0. The van der Waals surface area contributed by atoms with Crippen molar-refractivity contribution in [3.8, 4) is 0 Å². The van der Waals surface area contributed by atoms with E-state index in [1.807, 2.05) is 6.07 Å². The summed E-state index contributed by atoms with van der Waals surface area (Å²) in [4.78, 5) is 14.7. The van der Waals surface area contributed by atoms with E-state index < -0.39 is 5.97 Å². The normalized spacial score (nSPS) is 10.5. The quantitative estimate of drug-likeness (QED) is 0.838. The highest BCUT2D eigenvalue weighted by atomic mass is 16.4. The van der Waals surface area contributed by atoms with E-state index in [1.165, 1.54) is 24.0 Å². The summed E-state index contributed by atoms with van der Waals surface area (Å²) < 4.78 is 0. The summed E-state index contributed by atoms with van der Waals surface area (Å²) in [6.45, 7) is 2.21. The van der Waals surface area contributed by atoms with E-state index in [2.05, 4.69) is 36.2 Å². The van der Waals surface area contributed by atoms with Gasteiger partial charge in [-0.2, -0.15) is 0 Å². The molecule has 1 aromatic heterocycles. The third-order valence-corrected chi connectivity index (χ3v) is 3.59. The molecule has 1 aromatic carbocycles. The second-order valence-corrected chi connectivity index (χ2v) is 5.28. The second-order valence-electron chi connectivity index (χ2n) is 5.28. The highest BCUT2D eigenvalue weighted by molar-refractivity contribution is 5.85. The zero-order valence-electron chi connectivity index (χ0n) is 12.4. The second kappa shape index (κ2) is 7.58. The van der Waals surface area contributed by atoms with Crippen LogP contribution in [0, 0.1) is 0 Å². The van der Waals surface area contributed by atoms with Gasteiger partial charge in [-0.3, -0.25) is 0 Å². The molecule has 1 N–H and O–H groups in total. The Morgan fingerprint density at radius 1 is 0.952 bits per heavy atom. The van der Waals surface area contributed by atoms with Crippen LogP contribution in [-0.4, -0.2) is 16.1 Å². The number of hydrogen-bond donors (Lipinski definition) is 1. The molecular weight excluding hydrogens is 262 g/mol. The lowest BCUT2D eigenvalue weighted by atomic mass is 10.0. The summed E-state index contributed by atoms with van der Waals surface area (Å²) in [5.41, 5.74) is 3.86. The zero-order valence-corrected chi connectivity index (χ0v) is 12.4. The molecule has 0 unspecified atom stereocenters. The number of nitrogens with zero attached hydrogens (tertiary/aromatic N) is 1. The topological polar surface area (TPSA) is 50.2 Å². The SMILES string of the molecule is CCCCc1ccc(CCc2ccc(C(=O)O)nc2)cc1. The minimum atomic E-state index is -0.982. The van der Waals surface area contributed by atoms with Crippen LogP contribution in [-0.2, 0) is 19.3 Å². The Kier molecular flexibility index (Phi) is 5.50. The molecule has 3 nitrogen and oxygen atoms in total. The molecule has 0 saturated carbocycles. The Labute approximate surface area is 125 Å². The van der Waals surface area contributed by atoms with E-state index in [1.54, 1.807) is 12.3 Å². The van der Waals surface area contributed by atoms with Crippen molar-refractivity contribution in [1.82, 2.24) is 4.98 Å². The van der Waals surface area contributed by atoms with Gasteiger partial charge in [0.15, 0.2) is 0 Å². The average Bonchev–Trinajstić information content (AvgIpc) is 2.52. The Hall–Kier alpha value is -2.16. The third kappa shape index (κ3) is 4.71. The van der Waals surface area contributed by atoms with Crippen LogP contribution in [0.2, 0.25) is 0 Å². The van der Waals surface area contributed by atoms with Gasteiger partial charge in [0.25, 0.3) is 0 Å². The number of carbonyl (C=O) groups is 1. The predicted octanol–water partition coefficient (Wildman–Crippen LogP) is 3.91. The van der Waals surface area contributed by atoms with Gasteiger partial charge in [-0.05, 0) is 48.4 Å². The van der Waals surface area contributed by atoms with Gasteiger partial charge < -0.3 is 5.11 Å². The molecule has 0 aliphatic carbocycles. The fraction of sp³-hybridized carbons (Fsp3) is 0.333. The van der Waals surface area contributed by atoms with Crippen LogP contribution in [0.3, 0.4) is 0 Å². The van der Waals surface area contributed by atoms with Gasteiger partial charge in [0.2, 0.25) is 0 Å². The molecule has 0 aliphatic rings. The number of benzene rings is 1. The van der Waals surface area contributed by atoms with E-state index in [0.29, 0.717) is 0 Å². The fourth-order valence-electron chi connectivity index (χ4n) is 2.24.